The van der Waals surface area contributed by atoms with Crippen LogP contribution in [0.2, 0.25) is 0 Å². The van der Waals surface area contributed by atoms with Crippen molar-refractivity contribution in [3.05, 3.63) is 29.3 Å². The number of carbonyl (C=O) groups is 2. The Hall–Kier alpha value is -1.88. The molecule has 19 heavy (non-hydrogen) atoms. The summed E-state index contributed by atoms with van der Waals surface area (Å²) >= 11 is 0. The lowest BCUT2D eigenvalue weighted by atomic mass is 10.0. The third-order valence-corrected chi connectivity index (χ3v) is 3.40. The molecule has 1 aliphatic heterocycles. The van der Waals surface area contributed by atoms with Gasteiger partial charge in [0.15, 0.2) is 0 Å². The highest BCUT2D eigenvalue weighted by molar-refractivity contribution is 6.01. The van der Waals surface area contributed by atoms with Crippen molar-refractivity contribution in [3.63, 3.8) is 0 Å². The predicted molar refractivity (Wildman–Crippen MR) is 72.4 cm³/mol. The van der Waals surface area contributed by atoms with Crippen LogP contribution < -0.4 is 10.6 Å². The number of hydrogen-bond donors (Lipinski definition) is 3. The fourth-order valence-corrected chi connectivity index (χ4v) is 2.41. The SMILES string of the molecule is Cc1cccc(NC(=O)CC2CCNC2)c1C(=O)O. The molecule has 0 aliphatic carbocycles. The van der Waals surface area contributed by atoms with E-state index in [1.54, 1.807) is 25.1 Å². The molecule has 0 aromatic heterocycles. The van der Waals surface area contributed by atoms with Crippen LogP contribution in [0.5, 0.6) is 0 Å². The molecule has 1 aromatic carbocycles. The average Bonchev–Trinajstić information content (AvgIpc) is 2.81. The zero-order chi connectivity index (χ0) is 13.8. The third-order valence-electron chi connectivity index (χ3n) is 3.40. The van der Waals surface area contributed by atoms with Crippen molar-refractivity contribution in [1.82, 2.24) is 5.32 Å². The zero-order valence-electron chi connectivity index (χ0n) is 10.9. The molecule has 1 unspecified atom stereocenters. The Bertz CT molecular complexity index is 493. The van der Waals surface area contributed by atoms with E-state index < -0.39 is 5.97 Å². The van der Waals surface area contributed by atoms with Crippen molar-refractivity contribution in [2.45, 2.75) is 19.8 Å². The van der Waals surface area contributed by atoms with Gasteiger partial charge in [-0.25, -0.2) is 4.79 Å². The highest BCUT2D eigenvalue weighted by atomic mass is 16.4. The number of nitrogens with one attached hydrogen (secondary N) is 2. The highest BCUT2D eigenvalue weighted by Gasteiger charge is 2.20. The molecule has 102 valence electrons. The van der Waals surface area contributed by atoms with Crippen LogP contribution in [0.3, 0.4) is 0 Å². The summed E-state index contributed by atoms with van der Waals surface area (Å²) in [6.07, 6.45) is 1.42. The maximum Gasteiger partial charge on any atom is 0.338 e. The Balaban J connectivity index is 2.07. The molecule has 1 atom stereocenters. The minimum Gasteiger partial charge on any atom is -0.478 e. The van der Waals surface area contributed by atoms with Gasteiger partial charge >= 0.3 is 5.97 Å². The first-order valence-electron chi connectivity index (χ1n) is 6.41. The Morgan fingerprint density at radius 3 is 2.89 bits per heavy atom. The predicted octanol–water partition coefficient (Wildman–Crippen LogP) is 1.63. The van der Waals surface area contributed by atoms with Gasteiger partial charge in [-0.1, -0.05) is 12.1 Å². The number of hydrogen-bond acceptors (Lipinski definition) is 3. The van der Waals surface area contributed by atoms with Crippen molar-refractivity contribution in [1.29, 1.82) is 0 Å². The standard InChI is InChI=1S/C14H18N2O3/c1-9-3-2-4-11(13(9)14(18)19)16-12(17)7-10-5-6-15-8-10/h2-4,10,15H,5-8H2,1H3,(H,16,17)(H,18,19). The van der Waals surface area contributed by atoms with Crippen LogP contribution in [0, 0.1) is 12.8 Å². The molecule has 0 radical (unpaired) electrons. The van der Waals surface area contributed by atoms with Gasteiger partial charge in [-0.05, 0) is 44.0 Å². The van der Waals surface area contributed by atoms with Crippen molar-refractivity contribution in [2.24, 2.45) is 5.92 Å². The molecule has 1 saturated heterocycles. The summed E-state index contributed by atoms with van der Waals surface area (Å²) < 4.78 is 0. The van der Waals surface area contributed by atoms with Gasteiger partial charge in [0.05, 0.1) is 11.3 Å². The highest BCUT2D eigenvalue weighted by Crippen LogP contribution is 2.21. The normalized spacial score (nSPS) is 18.3. The summed E-state index contributed by atoms with van der Waals surface area (Å²) in [6, 6.07) is 5.09. The number of carbonyl (C=O) groups excluding carboxylic acids is 1. The number of amides is 1. The van der Waals surface area contributed by atoms with E-state index in [-0.39, 0.29) is 11.5 Å². The number of benzene rings is 1. The summed E-state index contributed by atoms with van der Waals surface area (Å²) in [5.41, 5.74) is 1.19. The molecule has 1 aromatic rings. The van der Waals surface area contributed by atoms with Crippen LogP contribution in [0.4, 0.5) is 5.69 Å². The Labute approximate surface area is 112 Å². The fourth-order valence-electron chi connectivity index (χ4n) is 2.41. The largest absolute Gasteiger partial charge is 0.478 e. The molecule has 3 N–H and O–H groups in total. The van der Waals surface area contributed by atoms with E-state index in [0.717, 1.165) is 19.5 Å². The van der Waals surface area contributed by atoms with Crippen LogP contribution in [-0.2, 0) is 4.79 Å². The molecule has 0 spiro atoms. The Morgan fingerprint density at radius 2 is 2.26 bits per heavy atom. The van der Waals surface area contributed by atoms with Crippen LogP contribution in [0.15, 0.2) is 18.2 Å². The Morgan fingerprint density at radius 1 is 1.47 bits per heavy atom. The van der Waals surface area contributed by atoms with Gasteiger partial charge in [0.25, 0.3) is 0 Å². The van der Waals surface area contributed by atoms with Gasteiger partial charge in [0.2, 0.25) is 5.91 Å². The second kappa shape index (κ2) is 5.84. The first kappa shape index (κ1) is 13.5. The zero-order valence-corrected chi connectivity index (χ0v) is 10.9. The quantitative estimate of drug-likeness (QED) is 0.770. The molecule has 0 saturated carbocycles. The van der Waals surface area contributed by atoms with Crippen molar-refractivity contribution in [3.8, 4) is 0 Å². The molecular formula is C14H18N2O3. The number of anilines is 1. The first-order chi connectivity index (χ1) is 9.08. The minimum absolute atomic E-state index is 0.123. The summed E-state index contributed by atoms with van der Waals surface area (Å²) in [7, 11) is 0. The van der Waals surface area contributed by atoms with E-state index in [0.29, 0.717) is 23.6 Å². The third kappa shape index (κ3) is 3.32. The molecule has 0 bridgehead atoms. The van der Waals surface area contributed by atoms with E-state index in [1.807, 2.05) is 0 Å². The average molecular weight is 262 g/mol. The van der Waals surface area contributed by atoms with E-state index in [4.69, 9.17) is 0 Å². The molecule has 2 rings (SSSR count). The van der Waals surface area contributed by atoms with Crippen LogP contribution in [-0.4, -0.2) is 30.1 Å². The van der Waals surface area contributed by atoms with Crippen molar-refractivity contribution in [2.75, 3.05) is 18.4 Å². The molecule has 5 heteroatoms. The lowest BCUT2D eigenvalue weighted by Gasteiger charge is -2.12. The van der Waals surface area contributed by atoms with Crippen LogP contribution in [0.25, 0.3) is 0 Å². The van der Waals surface area contributed by atoms with E-state index in [1.165, 1.54) is 0 Å². The van der Waals surface area contributed by atoms with E-state index >= 15 is 0 Å². The molecule has 1 aliphatic rings. The molecule has 5 nitrogen and oxygen atoms in total. The number of aryl methyl sites for hydroxylation is 1. The van der Waals surface area contributed by atoms with Crippen molar-refractivity contribution >= 4 is 17.6 Å². The Kier molecular flexibility index (Phi) is 4.16. The maximum atomic E-state index is 11.9. The lowest BCUT2D eigenvalue weighted by Crippen LogP contribution is -2.20. The minimum atomic E-state index is -1.02. The number of rotatable bonds is 4. The summed E-state index contributed by atoms with van der Waals surface area (Å²) in [6.45, 7) is 3.52. The lowest BCUT2D eigenvalue weighted by molar-refractivity contribution is -0.116. The molecule has 1 fully saturated rings. The summed E-state index contributed by atoms with van der Waals surface area (Å²) in [5, 5.41) is 15.1. The number of aromatic carboxylic acids is 1. The summed E-state index contributed by atoms with van der Waals surface area (Å²) in [5.74, 6) is -0.796. The molecular weight excluding hydrogens is 244 g/mol. The topological polar surface area (TPSA) is 78.4 Å². The van der Waals surface area contributed by atoms with Gasteiger partial charge in [-0.2, -0.15) is 0 Å². The van der Waals surface area contributed by atoms with E-state index in [2.05, 4.69) is 10.6 Å². The fraction of sp³-hybridized carbons (Fsp3) is 0.429. The van der Waals surface area contributed by atoms with E-state index in [9.17, 15) is 14.7 Å². The van der Waals surface area contributed by atoms with Gasteiger partial charge < -0.3 is 15.7 Å². The van der Waals surface area contributed by atoms with Crippen LogP contribution in [0.1, 0.15) is 28.8 Å². The van der Waals surface area contributed by atoms with Gasteiger partial charge in [-0.3, -0.25) is 4.79 Å². The second-order valence-corrected chi connectivity index (χ2v) is 4.91. The monoisotopic (exact) mass is 262 g/mol. The number of carboxylic acid groups (broad SMARTS) is 1. The van der Waals surface area contributed by atoms with Gasteiger partial charge in [-0.15, -0.1) is 0 Å². The molecule has 1 heterocycles. The number of carboxylic acids is 1. The molecule has 1 amide bonds. The first-order valence-corrected chi connectivity index (χ1v) is 6.41. The maximum absolute atomic E-state index is 11.9. The smallest absolute Gasteiger partial charge is 0.338 e. The van der Waals surface area contributed by atoms with Gasteiger partial charge in [0, 0.05) is 6.42 Å². The van der Waals surface area contributed by atoms with Crippen LogP contribution >= 0.6 is 0 Å². The van der Waals surface area contributed by atoms with Crippen molar-refractivity contribution < 1.29 is 14.7 Å². The summed E-state index contributed by atoms with van der Waals surface area (Å²) in [4.78, 5) is 23.1. The van der Waals surface area contributed by atoms with Gasteiger partial charge in [0.1, 0.15) is 0 Å². The second-order valence-electron chi connectivity index (χ2n) is 4.91.